The number of hydrogen-bond acceptors (Lipinski definition) is 5. The van der Waals surface area contributed by atoms with Gasteiger partial charge in [-0.15, -0.1) is 5.10 Å². The van der Waals surface area contributed by atoms with Crippen LogP contribution in [0.15, 0.2) is 41.8 Å². The standard InChI is InChI=1S/C16H19N5O2S/c22-14(17-10-15(23)20-8-4-5-9-20)11-24-16-18-12-21(19-16)13-6-2-1-3-7-13/h1-3,6-7,12H,4-5,8-11H2,(H,17,22). The number of amides is 2. The van der Waals surface area contributed by atoms with Crippen molar-refractivity contribution in [2.24, 2.45) is 0 Å². The number of benzene rings is 1. The Balaban J connectivity index is 1.43. The molecule has 0 bridgehead atoms. The summed E-state index contributed by atoms with van der Waals surface area (Å²) in [5.41, 5.74) is 0.914. The van der Waals surface area contributed by atoms with Gasteiger partial charge >= 0.3 is 0 Å². The highest BCUT2D eigenvalue weighted by Gasteiger charge is 2.18. The summed E-state index contributed by atoms with van der Waals surface area (Å²) in [7, 11) is 0. The van der Waals surface area contributed by atoms with E-state index in [1.807, 2.05) is 30.3 Å². The molecule has 2 aromatic rings. The first kappa shape index (κ1) is 16.5. The molecule has 7 nitrogen and oxygen atoms in total. The second-order valence-corrected chi connectivity index (χ2v) is 6.40. The number of likely N-dealkylation sites (tertiary alicyclic amines) is 1. The summed E-state index contributed by atoms with van der Waals surface area (Å²) in [4.78, 5) is 29.7. The number of thioether (sulfide) groups is 1. The Morgan fingerprint density at radius 3 is 2.67 bits per heavy atom. The molecule has 1 aromatic carbocycles. The molecular formula is C16H19N5O2S. The fourth-order valence-electron chi connectivity index (χ4n) is 2.45. The molecular weight excluding hydrogens is 326 g/mol. The van der Waals surface area contributed by atoms with Crippen LogP contribution in [-0.2, 0) is 9.59 Å². The topological polar surface area (TPSA) is 80.1 Å². The number of nitrogens with zero attached hydrogens (tertiary/aromatic N) is 4. The number of aromatic nitrogens is 3. The number of carbonyl (C=O) groups is 2. The van der Waals surface area contributed by atoms with Crippen molar-refractivity contribution in [2.75, 3.05) is 25.4 Å². The largest absolute Gasteiger partial charge is 0.346 e. The minimum absolute atomic E-state index is 0.0164. The smallest absolute Gasteiger partial charge is 0.241 e. The van der Waals surface area contributed by atoms with E-state index in [1.54, 1.807) is 15.9 Å². The molecule has 0 radical (unpaired) electrons. The number of nitrogens with one attached hydrogen (secondary N) is 1. The molecule has 3 rings (SSSR count). The number of para-hydroxylation sites is 1. The third-order valence-corrected chi connectivity index (χ3v) is 4.57. The van der Waals surface area contributed by atoms with E-state index in [4.69, 9.17) is 0 Å². The monoisotopic (exact) mass is 345 g/mol. The van der Waals surface area contributed by atoms with E-state index in [-0.39, 0.29) is 24.1 Å². The van der Waals surface area contributed by atoms with Crippen molar-refractivity contribution in [3.05, 3.63) is 36.7 Å². The van der Waals surface area contributed by atoms with Crippen LogP contribution in [0.2, 0.25) is 0 Å². The van der Waals surface area contributed by atoms with Crippen LogP contribution in [0.4, 0.5) is 0 Å². The quantitative estimate of drug-likeness (QED) is 0.793. The zero-order valence-corrected chi connectivity index (χ0v) is 14.0. The molecule has 1 aromatic heterocycles. The normalized spacial score (nSPS) is 13.9. The molecule has 0 unspecified atom stereocenters. The van der Waals surface area contributed by atoms with Gasteiger partial charge in [-0.2, -0.15) is 0 Å². The maximum absolute atomic E-state index is 11.9. The summed E-state index contributed by atoms with van der Waals surface area (Å²) in [6, 6.07) is 9.65. The van der Waals surface area contributed by atoms with E-state index in [2.05, 4.69) is 15.4 Å². The Labute approximate surface area is 144 Å². The minimum atomic E-state index is -0.191. The highest BCUT2D eigenvalue weighted by Crippen LogP contribution is 2.13. The van der Waals surface area contributed by atoms with Crippen LogP contribution in [-0.4, -0.2) is 56.9 Å². The van der Waals surface area contributed by atoms with Gasteiger partial charge in [0.25, 0.3) is 0 Å². The fourth-order valence-corrected chi connectivity index (χ4v) is 3.08. The van der Waals surface area contributed by atoms with Crippen molar-refractivity contribution >= 4 is 23.6 Å². The van der Waals surface area contributed by atoms with Crippen LogP contribution in [0.5, 0.6) is 0 Å². The minimum Gasteiger partial charge on any atom is -0.346 e. The van der Waals surface area contributed by atoms with Crippen LogP contribution >= 0.6 is 11.8 Å². The molecule has 0 atom stereocenters. The van der Waals surface area contributed by atoms with Crippen LogP contribution in [0.1, 0.15) is 12.8 Å². The maximum Gasteiger partial charge on any atom is 0.241 e. The first-order chi connectivity index (χ1) is 11.7. The Hall–Kier alpha value is -2.35. The Morgan fingerprint density at radius 1 is 1.17 bits per heavy atom. The summed E-state index contributed by atoms with van der Waals surface area (Å²) in [5, 5.41) is 7.51. The maximum atomic E-state index is 11.9. The third kappa shape index (κ3) is 4.35. The van der Waals surface area contributed by atoms with Crippen molar-refractivity contribution < 1.29 is 9.59 Å². The second-order valence-electron chi connectivity index (χ2n) is 5.46. The summed E-state index contributed by atoms with van der Waals surface area (Å²) in [6.07, 6.45) is 3.71. The van der Waals surface area contributed by atoms with Gasteiger partial charge in [0.1, 0.15) is 6.33 Å². The van der Waals surface area contributed by atoms with Gasteiger partial charge in [0.15, 0.2) is 0 Å². The first-order valence-electron chi connectivity index (χ1n) is 7.87. The van der Waals surface area contributed by atoms with E-state index < -0.39 is 0 Å². The van der Waals surface area contributed by atoms with Gasteiger partial charge in [-0.25, -0.2) is 9.67 Å². The Kier molecular flexibility index (Phi) is 5.47. The van der Waals surface area contributed by atoms with Gasteiger partial charge in [-0.1, -0.05) is 30.0 Å². The molecule has 2 heterocycles. The third-order valence-electron chi connectivity index (χ3n) is 3.72. The highest BCUT2D eigenvalue weighted by molar-refractivity contribution is 7.99. The SMILES string of the molecule is O=C(CSc1ncn(-c2ccccc2)n1)NCC(=O)N1CCCC1. The van der Waals surface area contributed by atoms with Gasteiger partial charge < -0.3 is 10.2 Å². The molecule has 1 N–H and O–H groups in total. The van der Waals surface area contributed by atoms with Crippen molar-refractivity contribution in [3.8, 4) is 5.69 Å². The van der Waals surface area contributed by atoms with Gasteiger partial charge in [0.05, 0.1) is 18.0 Å². The number of carbonyl (C=O) groups excluding carboxylic acids is 2. The highest BCUT2D eigenvalue weighted by atomic mass is 32.2. The number of rotatable bonds is 6. The van der Waals surface area contributed by atoms with Gasteiger partial charge in [-0.3, -0.25) is 9.59 Å². The van der Waals surface area contributed by atoms with Gasteiger partial charge in [-0.05, 0) is 25.0 Å². The average molecular weight is 345 g/mol. The van der Waals surface area contributed by atoms with E-state index in [1.165, 1.54) is 11.8 Å². The molecule has 1 saturated heterocycles. The molecule has 126 valence electrons. The molecule has 24 heavy (non-hydrogen) atoms. The molecule has 1 aliphatic rings. The number of hydrogen-bond donors (Lipinski definition) is 1. The second kappa shape index (κ2) is 7.96. The summed E-state index contributed by atoms with van der Waals surface area (Å²) < 4.78 is 1.66. The molecule has 0 saturated carbocycles. The van der Waals surface area contributed by atoms with E-state index in [9.17, 15) is 9.59 Å². The predicted molar refractivity (Wildman–Crippen MR) is 90.9 cm³/mol. The lowest BCUT2D eigenvalue weighted by molar-refractivity contribution is -0.131. The van der Waals surface area contributed by atoms with Gasteiger partial charge in [0, 0.05) is 13.1 Å². The Morgan fingerprint density at radius 2 is 1.92 bits per heavy atom. The predicted octanol–water partition coefficient (Wildman–Crippen LogP) is 1.10. The summed E-state index contributed by atoms with van der Waals surface area (Å²) in [5.74, 6) is -0.0209. The summed E-state index contributed by atoms with van der Waals surface area (Å²) >= 11 is 1.25. The van der Waals surface area contributed by atoms with Crippen molar-refractivity contribution in [1.82, 2.24) is 25.0 Å². The van der Waals surface area contributed by atoms with E-state index in [0.29, 0.717) is 5.16 Å². The fraction of sp³-hybridized carbons (Fsp3) is 0.375. The van der Waals surface area contributed by atoms with E-state index >= 15 is 0 Å². The summed E-state index contributed by atoms with van der Waals surface area (Å²) in [6.45, 7) is 1.65. The van der Waals surface area contributed by atoms with Crippen LogP contribution < -0.4 is 5.32 Å². The zero-order chi connectivity index (χ0) is 16.8. The lowest BCUT2D eigenvalue weighted by Crippen LogP contribution is -2.39. The zero-order valence-electron chi connectivity index (χ0n) is 13.2. The van der Waals surface area contributed by atoms with Crippen LogP contribution in [0.3, 0.4) is 0 Å². The molecule has 1 fully saturated rings. The van der Waals surface area contributed by atoms with Gasteiger partial charge in [0.2, 0.25) is 17.0 Å². The molecule has 0 aliphatic carbocycles. The molecule has 8 heteroatoms. The average Bonchev–Trinajstić information content (AvgIpc) is 3.30. The molecule has 1 aliphatic heterocycles. The lowest BCUT2D eigenvalue weighted by Gasteiger charge is -2.15. The van der Waals surface area contributed by atoms with Crippen molar-refractivity contribution in [2.45, 2.75) is 18.0 Å². The van der Waals surface area contributed by atoms with Crippen LogP contribution in [0.25, 0.3) is 5.69 Å². The molecule has 0 spiro atoms. The van der Waals surface area contributed by atoms with Crippen LogP contribution in [0, 0.1) is 0 Å². The van der Waals surface area contributed by atoms with Crippen molar-refractivity contribution in [3.63, 3.8) is 0 Å². The van der Waals surface area contributed by atoms with Crippen molar-refractivity contribution in [1.29, 1.82) is 0 Å². The van der Waals surface area contributed by atoms with E-state index in [0.717, 1.165) is 31.6 Å². The first-order valence-corrected chi connectivity index (χ1v) is 8.85. The lowest BCUT2D eigenvalue weighted by atomic mass is 10.3. The molecule has 2 amide bonds. The Bertz CT molecular complexity index is 698.